The fourth-order valence-corrected chi connectivity index (χ4v) is 2.71. The van der Waals surface area contributed by atoms with Gasteiger partial charge in [0.15, 0.2) is 5.96 Å². The van der Waals surface area contributed by atoms with Crippen molar-refractivity contribution in [1.29, 1.82) is 0 Å². The third-order valence-corrected chi connectivity index (χ3v) is 4.18. The number of hydrogen-bond donors (Lipinski definition) is 1. The van der Waals surface area contributed by atoms with Crippen LogP contribution in [0, 0.1) is 0 Å². The highest BCUT2D eigenvalue weighted by Crippen LogP contribution is 2.16. The minimum Gasteiger partial charge on any atom is -0.378 e. The minimum absolute atomic E-state index is 0. The van der Waals surface area contributed by atoms with Gasteiger partial charge in [-0.3, -0.25) is 4.99 Å². The van der Waals surface area contributed by atoms with Crippen molar-refractivity contribution in [2.75, 3.05) is 51.8 Å². The number of halogens is 1. The van der Waals surface area contributed by atoms with Crippen LogP contribution in [0.2, 0.25) is 0 Å². The van der Waals surface area contributed by atoms with Crippen molar-refractivity contribution in [2.24, 2.45) is 4.99 Å². The molecule has 0 atom stereocenters. The SMILES string of the molecule is CCCCN(C)C(=NC)NCc1ccc(N2CCOCC2)cc1.I. The molecule has 1 heterocycles. The van der Waals surface area contributed by atoms with Gasteiger partial charge in [-0.15, -0.1) is 24.0 Å². The van der Waals surface area contributed by atoms with Gasteiger partial charge in [0, 0.05) is 46.0 Å². The summed E-state index contributed by atoms with van der Waals surface area (Å²) in [5, 5.41) is 3.44. The zero-order valence-electron chi connectivity index (χ0n) is 15.1. The van der Waals surface area contributed by atoms with Crippen LogP contribution in [-0.4, -0.2) is 57.8 Å². The molecule has 1 N–H and O–H groups in total. The van der Waals surface area contributed by atoms with E-state index in [0.717, 1.165) is 45.4 Å². The lowest BCUT2D eigenvalue weighted by atomic mass is 10.2. The van der Waals surface area contributed by atoms with Gasteiger partial charge in [0.25, 0.3) is 0 Å². The number of rotatable bonds is 6. The highest BCUT2D eigenvalue weighted by atomic mass is 127. The maximum absolute atomic E-state index is 5.40. The molecule has 0 bridgehead atoms. The zero-order valence-corrected chi connectivity index (χ0v) is 17.5. The first-order chi connectivity index (χ1) is 11.2. The molecule has 1 aromatic rings. The number of ether oxygens (including phenoxy) is 1. The zero-order chi connectivity index (χ0) is 16.5. The Kier molecular flexibility index (Phi) is 10.1. The van der Waals surface area contributed by atoms with Gasteiger partial charge in [0.2, 0.25) is 0 Å². The van der Waals surface area contributed by atoms with E-state index in [1.165, 1.54) is 24.1 Å². The molecule has 5 nitrogen and oxygen atoms in total. The Balaban J connectivity index is 0.00000288. The molecule has 0 aromatic heterocycles. The molecule has 0 spiro atoms. The lowest BCUT2D eigenvalue weighted by Gasteiger charge is -2.29. The summed E-state index contributed by atoms with van der Waals surface area (Å²) in [7, 11) is 3.93. The number of aliphatic imine (C=N–C) groups is 1. The number of hydrogen-bond acceptors (Lipinski definition) is 3. The van der Waals surface area contributed by atoms with Gasteiger partial charge < -0.3 is 19.9 Å². The molecule has 1 aromatic carbocycles. The third kappa shape index (κ3) is 6.47. The van der Waals surface area contributed by atoms with Crippen molar-refractivity contribution in [2.45, 2.75) is 26.3 Å². The Hall–Kier alpha value is -1.02. The predicted octanol–water partition coefficient (Wildman–Crippen LogP) is 2.95. The number of guanidine groups is 1. The van der Waals surface area contributed by atoms with Crippen LogP contribution in [-0.2, 0) is 11.3 Å². The van der Waals surface area contributed by atoms with Gasteiger partial charge in [-0.2, -0.15) is 0 Å². The van der Waals surface area contributed by atoms with E-state index in [0.29, 0.717) is 0 Å². The van der Waals surface area contributed by atoms with E-state index in [2.05, 4.69) is 58.3 Å². The first-order valence-corrected chi connectivity index (χ1v) is 8.58. The van der Waals surface area contributed by atoms with Gasteiger partial charge in [-0.1, -0.05) is 25.5 Å². The van der Waals surface area contributed by atoms with Crippen LogP contribution in [0.4, 0.5) is 5.69 Å². The topological polar surface area (TPSA) is 40.1 Å². The van der Waals surface area contributed by atoms with Crippen molar-refractivity contribution in [3.8, 4) is 0 Å². The molecule has 0 aliphatic carbocycles. The van der Waals surface area contributed by atoms with E-state index < -0.39 is 0 Å². The normalized spacial score (nSPS) is 15.0. The average molecular weight is 446 g/mol. The number of nitrogens with zero attached hydrogens (tertiary/aromatic N) is 3. The van der Waals surface area contributed by atoms with E-state index in [9.17, 15) is 0 Å². The van der Waals surface area contributed by atoms with E-state index >= 15 is 0 Å². The molecule has 1 aliphatic heterocycles. The molecular formula is C18H31IN4O. The molecule has 0 radical (unpaired) electrons. The first kappa shape index (κ1) is 21.0. The maximum atomic E-state index is 5.40. The third-order valence-electron chi connectivity index (χ3n) is 4.18. The second-order valence-corrected chi connectivity index (χ2v) is 5.94. The van der Waals surface area contributed by atoms with Gasteiger partial charge in [0.1, 0.15) is 0 Å². The van der Waals surface area contributed by atoms with Crippen molar-refractivity contribution in [1.82, 2.24) is 10.2 Å². The van der Waals surface area contributed by atoms with E-state index in [4.69, 9.17) is 4.74 Å². The highest BCUT2D eigenvalue weighted by molar-refractivity contribution is 14.0. The summed E-state index contributed by atoms with van der Waals surface area (Å²) in [5.74, 6) is 0.954. The Morgan fingerprint density at radius 1 is 1.25 bits per heavy atom. The van der Waals surface area contributed by atoms with E-state index in [1.54, 1.807) is 0 Å². The molecule has 0 saturated carbocycles. The second kappa shape index (κ2) is 11.5. The fourth-order valence-electron chi connectivity index (χ4n) is 2.71. The molecule has 0 amide bonds. The lowest BCUT2D eigenvalue weighted by molar-refractivity contribution is 0.122. The molecule has 1 aliphatic rings. The summed E-state index contributed by atoms with van der Waals surface area (Å²) < 4.78 is 5.40. The first-order valence-electron chi connectivity index (χ1n) is 8.58. The van der Waals surface area contributed by atoms with Crippen molar-refractivity contribution < 1.29 is 4.74 Å². The largest absolute Gasteiger partial charge is 0.378 e. The van der Waals surface area contributed by atoms with Gasteiger partial charge in [0.05, 0.1) is 13.2 Å². The summed E-state index contributed by atoms with van der Waals surface area (Å²) in [6.45, 7) is 7.64. The molecule has 6 heteroatoms. The molecule has 0 unspecified atom stereocenters. The van der Waals surface area contributed by atoms with E-state index in [1.807, 2.05) is 7.05 Å². The number of benzene rings is 1. The number of morpholine rings is 1. The van der Waals surface area contributed by atoms with Gasteiger partial charge in [-0.25, -0.2) is 0 Å². The minimum atomic E-state index is 0. The second-order valence-electron chi connectivity index (χ2n) is 5.94. The Morgan fingerprint density at radius 3 is 2.50 bits per heavy atom. The summed E-state index contributed by atoms with van der Waals surface area (Å²) in [6.07, 6.45) is 2.38. The molecule has 1 fully saturated rings. The molecule has 2 rings (SSSR count). The molecule has 1 saturated heterocycles. The Labute approximate surface area is 163 Å². The number of unbranched alkanes of at least 4 members (excludes halogenated alkanes) is 1. The van der Waals surface area contributed by atoms with Gasteiger partial charge >= 0.3 is 0 Å². The quantitative estimate of drug-likeness (QED) is 0.415. The van der Waals surface area contributed by atoms with Crippen molar-refractivity contribution >= 4 is 35.6 Å². The maximum Gasteiger partial charge on any atom is 0.193 e. The van der Waals surface area contributed by atoms with Gasteiger partial charge in [-0.05, 0) is 24.1 Å². The lowest BCUT2D eigenvalue weighted by Crippen LogP contribution is -2.39. The molecular weight excluding hydrogens is 415 g/mol. The van der Waals surface area contributed by atoms with Crippen LogP contribution in [0.5, 0.6) is 0 Å². The summed E-state index contributed by atoms with van der Waals surface area (Å²) in [5.41, 5.74) is 2.55. The average Bonchev–Trinajstić information content (AvgIpc) is 2.61. The summed E-state index contributed by atoms with van der Waals surface area (Å²) in [6, 6.07) is 8.78. The Morgan fingerprint density at radius 2 is 1.92 bits per heavy atom. The molecule has 136 valence electrons. The summed E-state index contributed by atoms with van der Waals surface area (Å²) >= 11 is 0. The van der Waals surface area contributed by atoms with Crippen LogP contribution < -0.4 is 10.2 Å². The van der Waals surface area contributed by atoms with Crippen molar-refractivity contribution in [3.63, 3.8) is 0 Å². The standard InChI is InChI=1S/C18H30N4O.HI/c1-4-5-10-21(3)18(19-2)20-15-16-6-8-17(9-7-16)22-11-13-23-14-12-22;/h6-9H,4-5,10-15H2,1-3H3,(H,19,20);1H. The van der Waals surface area contributed by atoms with E-state index in [-0.39, 0.29) is 24.0 Å². The van der Waals surface area contributed by atoms with Crippen LogP contribution in [0.15, 0.2) is 29.3 Å². The van der Waals surface area contributed by atoms with Crippen LogP contribution in [0.3, 0.4) is 0 Å². The number of anilines is 1. The monoisotopic (exact) mass is 446 g/mol. The Bertz CT molecular complexity index is 486. The summed E-state index contributed by atoms with van der Waals surface area (Å²) in [4.78, 5) is 8.92. The van der Waals surface area contributed by atoms with Crippen LogP contribution >= 0.6 is 24.0 Å². The smallest absolute Gasteiger partial charge is 0.193 e. The highest BCUT2D eigenvalue weighted by Gasteiger charge is 2.11. The fraction of sp³-hybridized carbons (Fsp3) is 0.611. The van der Waals surface area contributed by atoms with Crippen molar-refractivity contribution in [3.05, 3.63) is 29.8 Å². The number of nitrogens with one attached hydrogen (secondary N) is 1. The van der Waals surface area contributed by atoms with Crippen LogP contribution in [0.25, 0.3) is 0 Å². The van der Waals surface area contributed by atoms with Crippen LogP contribution in [0.1, 0.15) is 25.3 Å². The predicted molar refractivity (Wildman–Crippen MR) is 113 cm³/mol. The molecule has 24 heavy (non-hydrogen) atoms.